The topological polar surface area (TPSA) is 38.3 Å². The Hall–Kier alpha value is -1.65. The zero-order chi connectivity index (χ0) is 17.2. The molecule has 0 bridgehead atoms. The van der Waals surface area contributed by atoms with Crippen LogP contribution in [0.4, 0.5) is 0 Å². The van der Waals surface area contributed by atoms with Crippen molar-refractivity contribution in [3.8, 4) is 5.75 Å². The van der Waals surface area contributed by atoms with Crippen molar-refractivity contribution in [2.75, 3.05) is 12.3 Å². The average Bonchev–Trinajstić information content (AvgIpc) is 2.61. The number of thioether (sulfide) groups is 1. The Bertz CT molecular complexity index is 636. The van der Waals surface area contributed by atoms with Crippen molar-refractivity contribution in [3.05, 3.63) is 65.2 Å². The van der Waals surface area contributed by atoms with Crippen LogP contribution in [0.25, 0.3) is 0 Å². The van der Waals surface area contributed by atoms with Gasteiger partial charge in [0.25, 0.3) is 5.91 Å². The van der Waals surface area contributed by atoms with Gasteiger partial charge in [-0.1, -0.05) is 54.9 Å². The number of hydrogen-bond donors (Lipinski definition) is 1. The molecule has 2 rings (SSSR count). The number of carbonyl (C=O) groups excluding carboxylic acids is 1. The number of hydrogen-bond acceptors (Lipinski definition) is 3. The van der Waals surface area contributed by atoms with Gasteiger partial charge >= 0.3 is 0 Å². The maximum Gasteiger partial charge on any atom is 0.261 e. The van der Waals surface area contributed by atoms with E-state index in [1.165, 1.54) is 0 Å². The first-order valence-electron chi connectivity index (χ1n) is 8.01. The third-order valence-corrected chi connectivity index (χ3v) is 4.82. The largest absolute Gasteiger partial charge is 0.481 e. The SMILES string of the molecule is CC[C@H](Oc1ccccc1)C(=O)NCCSCc1ccccc1Cl. The summed E-state index contributed by atoms with van der Waals surface area (Å²) in [6.45, 7) is 2.56. The predicted octanol–water partition coefficient (Wildman–Crippen LogP) is 4.55. The summed E-state index contributed by atoms with van der Waals surface area (Å²) < 4.78 is 5.73. The molecule has 1 atom stereocenters. The van der Waals surface area contributed by atoms with Crippen molar-refractivity contribution in [2.45, 2.75) is 25.2 Å². The molecule has 0 heterocycles. The molecular formula is C19H22ClNO2S. The molecule has 2 aromatic rings. The second-order valence-corrected chi connectivity index (χ2v) is 6.78. The van der Waals surface area contributed by atoms with Gasteiger partial charge in [0.15, 0.2) is 6.10 Å². The highest BCUT2D eigenvalue weighted by Gasteiger charge is 2.17. The summed E-state index contributed by atoms with van der Waals surface area (Å²) >= 11 is 7.87. The van der Waals surface area contributed by atoms with Gasteiger partial charge in [0, 0.05) is 23.1 Å². The normalized spacial score (nSPS) is 11.8. The monoisotopic (exact) mass is 363 g/mol. The van der Waals surface area contributed by atoms with Crippen molar-refractivity contribution in [1.82, 2.24) is 5.32 Å². The molecule has 0 aliphatic carbocycles. The van der Waals surface area contributed by atoms with E-state index in [1.54, 1.807) is 11.8 Å². The number of benzene rings is 2. The van der Waals surface area contributed by atoms with E-state index in [-0.39, 0.29) is 5.91 Å². The Morgan fingerprint density at radius 1 is 1.17 bits per heavy atom. The van der Waals surface area contributed by atoms with E-state index >= 15 is 0 Å². The van der Waals surface area contributed by atoms with Crippen molar-refractivity contribution in [3.63, 3.8) is 0 Å². The van der Waals surface area contributed by atoms with Crippen LogP contribution in [-0.2, 0) is 10.5 Å². The predicted molar refractivity (Wildman–Crippen MR) is 102 cm³/mol. The van der Waals surface area contributed by atoms with Crippen LogP contribution in [-0.4, -0.2) is 24.3 Å². The molecule has 0 saturated carbocycles. The fraction of sp³-hybridized carbons (Fsp3) is 0.316. The van der Waals surface area contributed by atoms with E-state index in [2.05, 4.69) is 5.32 Å². The van der Waals surface area contributed by atoms with Gasteiger partial charge in [-0.05, 0) is 30.2 Å². The first-order valence-corrected chi connectivity index (χ1v) is 9.54. The number of halogens is 1. The van der Waals surface area contributed by atoms with E-state index in [4.69, 9.17) is 16.3 Å². The Labute approximate surface area is 152 Å². The van der Waals surface area contributed by atoms with Crippen LogP contribution in [0.5, 0.6) is 5.75 Å². The molecule has 0 aliphatic heterocycles. The summed E-state index contributed by atoms with van der Waals surface area (Å²) in [5, 5.41) is 3.73. The number of carbonyl (C=O) groups is 1. The lowest BCUT2D eigenvalue weighted by atomic mass is 10.2. The van der Waals surface area contributed by atoms with E-state index in [9.17, 15) is 4.79 Å². The minimum absolute atomic E-state index is 0.0697. The third kappa shape index (κ3) is 6.10. The molecule has 2 aromatic carbocycles. The molecule has 1 N–H and O–H groups in total. The molecule has 0 fully saturated rings. The van der Waals surface area contributed by atoms with Gasteiger partial charge in [-0.25, -0.2) is 0 Å². The maximum absolute atomic E-state index is 12.2. The van der Waals surface area contributed by atoms with Gasteiger partial charge in [-0.3, -0.25) is 4.79 Å². The number of nitrogens with one attached hydrogen (secondary N) is 1. The summed E-state index contributed by atoms with van der Waals surface area (Å²) in [6.07, 6.45) is 0.175. The highest BCUT2D eigenvalue weighted by Crippen LogP contribution is 2.20. The fourth-order valence-electron chi connectivity index (χ4n) is 2.14. The van der Waals surface area contributed by atoms with Crippen LogP contribution in [0.15, 0.2) is 54.6 Å². The Kier molecular flexibility index (Phi) is 7.99. The molecule has 1 amide bonds. The quantitative estimate of drug-likeness (QED) is 0.664. The molecule has 0 aliphatic rings. The first-order chi connectivity index (χ1) is 11.7. The standard InChI is InChI=1S/C19H22ClNO2S/c1-2-18(23-16-9-4-3-5-10-16)19(22)21-12-13-24-14-15-8-6-7-11-17(15)20/h3-11,18H,2,12-14H2,1H3,(H,21,22)/t18-/m0/s1. The molecule has 5 heteroatoms. The van der Waals surface area contributed by atoms with Crippen molar-refractivity contribution in [2.24, 2.45) is 0 Å². The molecule has 0 unspecified atom stereocenters. The van der Waals surface area contributed by atoms with Gasteiger partial charge in [-0.15, -0.1) is 0 Å². The summed E-state index contributed by atoms with van der Waals surface area (Å²) in [7, 11) is 0. The van der Waals surface area contributed by atoms with E-state index < -0.39 is 6.10 Å². The number of ether oxygens (including phenoxy) is 1. The fourth-order valence-corrected chi connectivity index (χ4v) is 3.29. The minimum Gasteiger partial charge on any atom is -0.481 e. The molecular weight excluding hydrogens is 342 g/mol. The van der Waals surface area contributed by atoms with Crippen LogP contribution in [0.3, 0.4) is 0 Å². The van der Waals surface area contributed by atoms with E-state index in [0.29, 0.717) is 18.7 Å². The molecule has 24 heavy (non-hydrogen) atoms. The second-order valence-electron chi connectivity index (χ2n) is 5.26. The lowest BCUT2D eigenvalue weighted by Gasteiger charge is -2.17. The molecule has 0 saturated heterocycles. The van der Waals surface area contributed by atoms with Crippen molar-refractivity contribution < 1.29 is 9.53 Å². The smallest absolute Gasteiger partial charge is 0.261 e. The second kappa shape index (κ2) is 10.3. The van der Waals surface area contributed by atoms with Gasteiger partial charge < -0.3 is 10.1 Å². The molecule has 128 valence electrons. The Balaban J connectivity index is 1.69. The van der Waals surface area contributed by atoms with Crippen molar-refractivity contribution >= 4 is 29.3 Å². The molecule has 3 nitrogen and oxygen atoms in total. The molecule has 0 radical (unpaired) electrons. The van der Waals surface area contributed by atoms with Crippen LogP contribution in [0.2, 0.25) is 5.02 Å². The van der Waals surface area contributed by atoms with Gasteiger partial charge in [0.2, 0.25) is 0 Å². The third-order valence-electron chi connectivity index (χ3n) is 3.45. The van der Waals surface area contributed by atoms with Crippen LogP contribution in [0.1, 0.15) is 18.9 Å². The maximum atomic E-state index is 12.2. The Morgan fingerprint density at radius 3 is 2.58 bits per heavy atom. The zero-order valence-corrected chi connectivity index (χ0v) is 15.3. The van der Waals surface area contributed by atoms with Gasteiger partial charge in [-0.2, -0.15) is 11.8 Å². The minimum atomic E-state index is -0.457. The lowest BCUT2D eigenvalue weighted by molar-refractivity contribution is -0.127. The van der Waals surface area contributed by atoms with Crippen LogP contribution < -0.4 is 10.1 Å². The number of para-hydroxylation sites is 1. The Morgan fingerprint density at radius 2 is 1.88 bits per heavy atom. The highest BCUT2D eigenvalue weighted by atomic mass is 35.5. The van der Waals surface area contributed by atoms with Crippen LogP contribution >= 0.6 is 23.4 Å². The lowest BCUT2D eigenvalue weighted by Crippen LogP contribution is -2.39. The van der Waals surface area contributed by atoms with Crippen LogP contribution in [0, 0.1) is 0 Å². The highest BCUT2D eigenvalue weighted by molar-refractivity contribution is 7.98. The number of rotatable bonds is 9. The van der Waals surface area contributed by atoms with E-state index in [1.807, 2.05) is 61.5 Å². The molecule has 0 spiro atoms. The summed E-state index contributed by atoms with van der Waals surface area (Å²) in [5.74, 6) is 2.32. The van der Waals surface area contributed by atoms with Gasteiger partial charge in [0.1, 0.15) is 5.75 Å². The zero-order valence-electron chi connectivity index (χ0n) is 13.7. The summed E-state index contributed by atoms with van der Waals surface area (Å²) in [4.78, 5) is 12.2. The summed E-state index contributed by atoms with van der Waals surface area (Å²) in [6, 6.07) is 17.2. The number of amides is 1. The van der Waals surface area contributed by atoms with Gasteiger partial charge in [0.05, 0.1) is 0 Å². The molecule has 0 aromatic heterocycles. The van der Waals surface area contributed by atoms with Crippen molar-refractivity contribution in [1.29, 1.82) is 0 Å². The average molecular weight is 364 g/mol. The first kappa shape index (κ1) is 18.7. The summed E-state index contributed by atoms with van der Waals surface area (Å²) in [5.41, 5.74) is 1.12. The van der Waals surface area contributed by atoms with E-state index in [0.717, 1.165) is 22.1 Å².